The summed E-state index contributed by atoms with van der Waals surface area (Å²) >= 11 is 0. The standard InChI is InChI=1S/C15H20N4O/c16-9-8-11-5-3-4-10-19(11)15(20)14-12-6-1-2-7-13(12)17-18-14/h1-2,6-7,11H,3-5,8-10,16H2,(H,17,18). The zero-order chi connectivity index (χ0) is 13.9. The first kappa shape index (κ1) is 13.1. The maximum Gasteiger partial charge on any atom is 0.275 e. The van der Waals surface area contributed by atoms with E-state index in [0.717, 1.165) is 36.7 Å². The van der Waals surface area contributed by atoms with E-state index in [1.165, 1.54) is 6.42 Å². The zero-order valence-corrected chi connectivity index (χ0v) is 11.5. The Kier molecular flexibility index (Phi) is 3.69. The van der Waals surface area contributed by atoms with E-state index in [0.29, 0.717) is 12.2 Å². The molecular weight excluding hydrogens is 252 g/mol. The second-order valence-corrected chi connectivity index (χ2v) is 5.34. The van der Waals surface area contributed by atoms with Gasteiger partial charge in [-0.15, -0.1) is 0 Å². The molecule has 0 aliphatic carbocycles. The van der Waals surface area contributed by atoms with Crippen molar-refractivity contribution in [3.05, 3.63) is 30.0 Å². The fraction of sp³-hybridized carbons (Fsp3) is 0.467. The molecule has 3 N–H and O–H groups in total. The number of amides is 1. The Morgan fingerprint density at radius 2 is 2.25 bits per heavy atom. The molecule has 1 unspecified atom stereocenters. The SMILES string of the molecule is NCCC1CCCCN1C(=O)c1n[nH]c2ccccc12. The average molecular weight is 272 g/mol. The molecule has 1 amide bonds. The number of para-hydroxylation sites is 1. The topological polar surface area (TPSA) is 75.0 Å². The van der Waals surface area contributed by atoms with Gasteiger partial charge in [0.05, 0.1) is 5.52 Å². The molecule has 1 aromatic carbocycles. The molecule has 1 aliphatic heterocycles. The van der Waals surface area contributed by atoms with Crippen LogP contribution in [0, 0.1) is 0 Å². The fourth-order valence-electron chi connectivity index (χ4n) is 3.02. The summed E-state index contributed by atoms with van der Waals surface area (Å²) in [4.78, 5) is 14.7. The number of nitrogens with one attached hydrogen (secondary N) is 1. The quantitative estimate of drug-likeness (QED) is 0.896. The van der Waals surface area contributed by atoms with Crippen LogP contribution in [0.5, 0.6) is 0 Å². The molecule has 3 rings (SSSR count). The second kappa shape index (κ2) is 5.63. The Morgan fingerprint density at radius 3 is 3.10 bits per heavy atom. The van der Waals surface area contributed by atoms with Gasteiger partial charge in [0.25, 0.3) is 5.91 Å². The third-order valence-electron chi connectivity index (χ3n) is 4.06. The zero-order valence-electron chi connectivity index (χ0n) is 11.5. The van der Waals surface area contributed by atoms with E-state index < -0.39 is 0 Å². The van der Waals surface area contributed by atoms with Crippen LogP contribution < -0.4 is 5.73 Å². The van der Waals surface area contributed by atoms with Gasteiger partial charge in [-0.1, -0.05) is 18.2 Å². The van der Waals surface area contributed by atoms with Gasteiger partial charge in [-0.3, -0.25) is 9.89 Å². The van der Waals surface area contributed by atoms with Crippen molar-refractivity contribution >= 4 is 16.8 Å². The fourth-order valence-corrected chi connectivity index (χ4v) is 3.02. The summed E-state index contributed by atoms with van der Waals surface area (Å²) in [5, 5.41) is 8.05. The van der Waals surface area contributed by atoms with E-state index in [1.54, 1.807) is 0 Å². The maximum atomic E-state index is 12.8. The molecule has 2 aromatic rings. The van der Waals surface area contributed by atoms with Gasteiger partial charge in [0.2, 0.25) is 0 Å². The Labute approximate surface area is 118 Å². The van der Waals surface area contributed by atoms with Crippen LogP contribution >= 0.6 is 0 Å². The van der Waals surface area contributed by atoms with E-state index in [2.05, 4.69) is 10.2 Å². The van der Waals surface area contributed by atoms with Gasteiger partial charge in [0.1, 0.15) is 0 Å². The summed E-state index contributed by atoms with van der Waals surface area (Å²) in [5.41, 5.74) is 7.11. The molecule has 0 saturated carbocycles. The van der Waals surface area contributed by atoms with Gasteiger partial charge < -0.3 is 10.6 Å². The number of likely N-dealkylation sites (tertiary alicyclic amines) is 1. The van der Waals surface area contributed by atoms with Crippen LogP contribution in [-0.4, -0.2) is 40.1 Å². The van der Waals surface area contributed by atoms with E-state index in [-0.39, 0.29) is 11.9 Å². The normalized spacial score (nSPS) is 19.4. The minimum absolute atomic E-state index is 0.0283. The molecule has 106 valence electrons. The predicted molar refractivity (Wildman–Crippen MR) is 78.4 cm³/mol. The lowest BCUT2D eigenvalue weighted by Crippen LogP contribution is -2.44. The van der Waals surface area contributed by atoms with E-state index in [1.807, 2.05) is 29.2 Å². The first-order valence-electron chi connectivity index (χ1n) is 7.25. The van der Waals surface area contributed by atoms with Crippen LogP contribution in [0.25, 0.3) is 10.9 Å². The predicted octanol–water partition coefficient (Wildman–Crippen LogP) is 1.91. The summed E-state index contributed by atoms with van der Waals surface area (Å²) in [6.45, 7) is 1.43. The molecule has 5 heteroatoms. The van der Waals surface area contributed by atoms with E-state index in [9.17, 15) is 4.79 Å². The summed E-state index contributed by atoms with van der Waals surface area (Å²) in [6, 6.07) is 8.01. The van der Waals surface area contributed by atoms with Crippen molar-refractivity contribution in [2.45, 2.75) is 31.7 Å². The van der Waals surface area contributed by atoms with Crippen molar-refractivity contribution in [1.82, 2.24) is 15.1 Å². The number of rotatable bonds is 3. The number of hydrogen-bond acceptors (Lipinski definition) is 3. The van der Waals surface area contributed by atoms with Crippen molar-refractivity contribution < 1.29 is 4.79 Å². The second-order valence-electron chi connectivity index (χ2n) is 5.34. The Bertz CT molecular complexity index is 605. The number of benzene rings is 1. The highest BCUT2D eigenvalue weighted by molar-refractivity contribution is 6.04. The van der Waals surface area contributed by atoms with Gasteiger partial charge >= 0.3 is 0 Å². The lowest BCUT2D eigenvalue weighted by molar-refractivity contribution is 0.0601. The third-order valence-corrected chi connectivity index (χ3v) is 4.06. The van der Waals surface area contributed by atoms with E-state index in [4.69, 9.17) is 5.73 Å². The summed E-state index contributed by atoms with van der Waals surface area (Å²) < 4.78 is 0. The minimum atomic E-state index is 0.0283. The Hall–Kier alpha value is -1.88. The summed E-state index contributed by atoms with van der Waals surface area (Å²) in [5.74, 6) is 0.0283. The van der Waals surface area contributed by atoms with Gasteiger partial charge in [-0.05, 0) is 38.3 Å². The Morgan fingerprint density at radius 1 is 1.40 bits per heavy atom. The first-order chi connectivity index (χ1) is 9.81. The summed E-state index contributed by atoms with van der Waals surface area (Å²) in [7, 11) is 0. The number of piperidine rings is 1. The molecule has 1 aromatic heterocycles. The highest BCUT2D eigenvalue weighted by Gasteiger charge is 2.29. The molecule has 1 atom stereocenters. The molecule has 1 saturated heterocycles. The number of fused-ring (bicyclic) bond motifs is 1. The number of hydrogen-bond donors (Lipinski definition) is 2. The molecule has 1 aliphatic rings. The third kappa shape index (κ3) is 2.29. The highest BCUT2D eigenvalue weighted by Crippen LogP contribution is 2.24. The number of aromatic amines is 1. The monoisotopic (exact) mass is 272 g/mol. The summed E-state index contributed by atoms with van der Waals surface area (Å²) in [6.07, 6.45) is 4.16. The van der Waals surface area contributed by atoms with Crippen LogP contribution in [0.1, 0.15) is 36.2 Å². The van der Waals surface area contributed by atoms with Crippen LogP contribution in [0.3, 0.4) is 0 Å². The smallest absolute Gasteiger partial charge is 0.275 e. The number of carbonyl (C=O) groups is 1. The molecule has 0 radical (unpaired) electrons. The van der Waals surface area contributed by atoms with Gasteiger partial charge in [0, 0.05) is 18.0 Å². The maximum absolute atomic E-state index is 12.8. The van der Waals surface area contributed by atoms with Crippen molar-refractivity contribution in [2.24, 2.45) is 5.73 Å². The minimum Gasteiger partial charge on any atom is -0.334 e. The van der Waals surface area contributed by atoms with Crippen LogP contribution in [0.2, 0.25) is 0 Å². The highest BCUT2D eigenvalue weighted by atomic mass is 16.2. The van der Waals surface area contributed by atoms with E-state index >= 15 is 0 Å². The van der Waals surface area contributed by atoms with Crippen LogP contribution in [0.4, 0.5) is 0 Å². The number of nitrogens with two attached hydrogens (primary N) is 1. The average Bonchev–Trinajstić information content (AvgIpc) is 2.91. The molecule has 2 heterocycles. The number of nitrogens with zero attached hydrogens (tertiary/aromatic N) is 2. The Balaban J connectivity index is 1.90. The van der Waals surface area contributed by atoms with Crippen molar-refractivity contribution in [3.8, 4) is 0 Å². The molecule has 5 nitrogen and oxygen atoms in total. The van der Waals surface area contributed by atoms with Gasteiger partial charge in [-0.25, -0.2) is 0 Å². The van der Waals surface area contributed by atoms with Crippen molar-refractivity contribution in [2.75, 3.05) is 13.1 Å². The molecule has 0 spiro atoms. The molecule has 1 fully saturated rings. The lowest BCUT2D eigenvalue weighted by atomic mass is 9.98. The first-order valence-corrected chi connectivity index (χ1v) is 7.25. The molecule has 0 bridgehead atoms. The number of aromatic nitrogens is 2. The number of H-pyrrole nitrogens is 1. The lowest BCUT2D eigenvalue weighted by Gasteiger charge is -2.35. The van der Waals surface area contributed by atoms with Gasteiger partial charge in [0.15, 0.2) is 5.69 Å². The molecular formula is C15H20N4O. The number of carbonyl (C=O) groups excluding carboxylic acids is 1. The van der Waals surface area contributed by atoms with Crippen LogP contribution in [-0.2, 0) is 0 Å². The van der Waals surface area contributed by atoms with Crippen molar-refractivity contribution in [3.63, 3.8) is 0 Å². The van der Waals surface area contributed by atoms with Crippen LogP contribution in [0.15, 0.2) is 24.3 Å². The molecule has 20 heavy (non-hydrogen) atoms. The largest absolute Gasteiger partial charge is 0.334 e. The van der Waals surface area contributed by atoms with Gasteiger partial charge in [-0.2, -0.15) is 5.10 Å². The van der Waals surface area contributed by atoms with Crippen molar-refractivity contribution in [1.29, 1.82) is 0 Å².